The van der Waals surface area contributed by atoms with E-state index < -0.39 is 11.4 Å². The molecule has 25 heavy (non-hydrogen) atoms. The highest BCUT2D eigenvalue weighted by molar-refractivity contribution is 5.80. The molecule has 1 unspecified atom stereocenters. The molecule has 2 fully saturated rings. The van der Waals surface area contributed by atoms with E-state index in [1.54, 1.807) is 18.3 Å². The van der Waals surface area contributed by atoms with Crippen LogP contribution in [0.1, 0.15) is 31.4 Å². The predicted octanol–water partition coefficient (Wildman–Crippen LogP) is 2.12. The summed E-state index contributed by atoms with van der Waals surface area (Å²) in [5.74, 6) is 0.108. The van der Waals surface area contributed by atoms with Gasteiger partial charge in [-0.05, 0) is 37.3 Å². The van der Waals surface area contributed by atoms with Crippen LogP contribution >= 0.6 is 0 Å². The Hall–Kier alpha value is -2.02. The molecule has 1 aromatic rings. The lowest BCUT2D eigenvalue weighted by Crippen LogP contribution is -2.46. The van der Waals surface area contributed by atoms with Crippen LogP contribution in [0.5, 0.6) is 0 Å². The maximum atomic E-state index is 12.7. The first-order valence-electron chi connectivity index (χ1n) is 8.85. The number of carbonyl (C=O) groups excluding carboxylic acids is 1. The number of carboxylic acids is 1. The number of fused-ring (bicyclic) bond motifs is 1. The number of furan rings is 1. The smallest absolute Gasteiger partial charge is 0.317 e. The molecule has 0 bridgehead atoms. The van der Waals surface area contributed by atoms with E-state index in [2.05, 4.69) is 5.32 Å². The second kappa shape index (κ2) is 7.47. The summed E-state index contributed by atoms with van der Waals surface area (Å²) in [7, 11) is 1.63. The van der Waals surface area contributed by atoms with E-state index in [9.17, 15) is 14.7 Å². The van der Waals surface area contributed by atoms with Crippen molar-refractivity contribution < 1.29 is 23.8 Å². The summed E-state index contributed by atoms with van der Waals surface area (Å²) in [4.78, 5) is 26.1. The molecule has 1 saturated heterocycles. The minimum absolute atomic E-state index is 0.0678. The quantitative estimate of drug-likeness (QED) is 0.786. The van der Waals surface area contributed by atoms with E-state index in [4.69, 9.17) is 9.15 Å². The van der Waals surface area contributed by atoms with Crippen molar-refractivity contribution in [3.05, 3.63) is 24.2 Å². The van der Waals surface area contributed by atoms with Crippen LogP contribution in [-0.2, 0) is 16.0 Å². The second-order valence-electron chi connectivity index (χ2n) is 7.14. The lowest BCUT2D eigenvalue weighted by atomic mass is 9.81. The zero-order valence-corrected chi connectivity index (χ0v) is 14.6. The Kier molecular flexibility index (Phi) is 5.32. The Morgan fingerprint density at radius 3 is 3.04 bits per heavy atom. The SMILES string of the molecule is COCCC(Cc1ccco1)NC(=O)N1C[C@@H]2CCC[C@@]2(C(=O)O)C1. The fourth-order valence-electron chi connectivity index (χ4n) is 4.22. The molecule has 3 atom stereocenters. The third-order valence-corrected chi connectivity index (χ3v) is 5.61. The number of nitrogens with zero attached hydrogens (tertiary/aromatic N) is 1. The molecule has 138 valence electrons. The summed E-state index contributed by atoms with van der Waals surface area (Å²) >= 11 is 0. The molecule has 0 aromatic carbocycles. The van der Waals surface area contributed by atoms with Gasteiger partial charge in [0.2, 0.25) is 0 Å². The molecule has 3 rings (SSSR count). The molecule has 1 aromatic heterocycles. The van der Waals surface area contributed by atoms with E-state index in [0.717, 1.165) is 18.6 Å². The minimum atomic E-state index is -0.767. The average molecular weight is 350 g/mol. The van der Waals surface area contributed by atoms with E-state index in [1.165, 1.54) is 0 Å². The van der Waals surface area contributed by atoms with Crippen LogP contribution in [0.4, 0.5) is 4.79 Å². The zero-order chi connectivity index (χ0) is 17.9. The molecular formula is C18H26N2O5. The normalized spacial score (nSPS) is 26.4. The first-order chi connectivity index (χ1) is 12.0. The highest BCUT2D eigenvalue weighted by atomic mass is 16.5. The van der Waals surface area contributed by atoms with Crippen molar-refractivity contribution in [2.24, 2.45) is 11.3 Å². The third kappa shape index (κ3) is 3.66. The monoisotopic (exact) mass is 350 g/mol. The Balaban J connectivity index is 1.62. The number of amides is 2. The molecule has 2 aliphatic rings. The van der Waals surface area contributed by atoms with Gasteiger partial charge in [0.05, 0.1) is 11.7 Å². The summed E-state index contributed by atoms with van der Waals surface area (Å²) in [5.41, 5.74) is -0.750. The molecule has 2 N–H and O–H groups in total. The van der Waals surface area contributed by atoms with Crippen molar-refractivity contribution in [2.45, 2.75) is 38.1 Å². The van der Waals surface area contributed by atoms with E-state index >= 15 is 0 Å². The molecular weight excluding hydrogens is 324 g/mol. The molecule has 2 heterocycles. The van der Waals surface area contributed by atoms with Gasteiger partial charge in [-0.3, -0.25) is 4.79 Å². The van der Waals surface area contributed by atoms with Gasteiger partial charge < -0.3 is 24.5 Å². The number of hydrogen-bond donors (Lipinski definition) is 2. The summed E-state index contributed by atoms with van der Waals surface area (Å²) in [6, 6.07) is 3.40. The number of aliphatic carboxylic acids is 1. The van der Waals surface area contributed by atoms with Gasteiger partial charge in [-0.15, -0.1) is 0 Å². The number of rotatable bonds is 7. The molecule has 7 nitrogen and oxygen atoms in total. The standard InChI is InChI=1S/C18H26N2O5/c1-24-9-6-14(10-15-5-3-8-25-15)19-17(23)20-11-13-4-2-7-18(13,12-20)16(21)22/h3,5,8,13-14H,2,4,6-7,9-12H2,1H3,(H,19,23)(H,21,22)/t13-,14?,18+/m0/s1. The molecule has 1 aliphatic heterocycles. The molecule has 0 radical (unpaired) electrons. The van der Waals surface area contributed by atoms with Crippen molar-refractivity contribution in [2.75, 3.05) is 26.8 Å². The van der Waals surface area contributed by atoms with E-state index in [0.29, 0.717) is 39.0 Å². The van der Waals surface area contributed by atoms with Crippen molar-refractivity contribution in [3.8, 4) is 0 Å². The van der Waals surface area contributed by atoms with Crippen LogP contribution in [0.15, 0.2) is 22.8 Å². The highest BCUT2D eigenvalue weighted by Crippen LogP contribution is 2.48. The Bertz CT molecular complexity index is 603. The lowest BCUT2D eigenvalue weighted by Gasteiger charge is -2.25. The van der Waals surface area contributed by atoms with Crippen LogP contribution in [0.25, 0.3) is 0 Å². The number of likely N-dealkylation sites (tertiary alicyclic amines) is 1. The Labute approximate surface area is 147 Å². The molecule has 0 spiro atoms. The van der Waals surface area contributed by atoms with Gasteiger partial charge in [0.1, 0.15) is 5.76 Å². The average Bonchev–Trinajstić information content (AvgIpc) is 3.27. The van der Waals surface area contributed by atoms with Crippen molar-refractivity contribution in [1.29, 1.82) is 0 Å². The number of ether oxygens (including phenoxy) is 1. The number of carboxylic acid groups (broad SMARTS) is 1. The summed E-state index contributed by atoms with van der Waals surface area (Å²) in [5, 5.41) is 12.7. The lowest BCUT2D eigenvalue weighted by molar-refractivity contribution is -0.149. The fraction of sp³-hybridized carbons (Fsp3) is 0.667. The number of urea groups is 1. The molecule has 7 heteroatoms. The van der Waals surface area contributed by atoms with Crippen LogP contribution < -0.4 is 5.32 Å². The maximum Gasteiger partial charge on any atom is 0.317 e. The second-order valence-corrected chi connectivity index (χ2v) is 7.14. The Morgan fingerprint density at radius 2 is 2.40 bits per heavy atom. The van der Waals surface area contributed by atoms with Gasteiger partial charge in [0, 0.05) is 39.3 Å². The number of carbonyl (C=O) groups is 2. The van der Waals surface area contributed by atoms with Crippen LogP contribution in [0.2, 0.25) is 0 Å². The van der Waals surface area contributed by atoms with Crippen LogP contribution in [0.3, 0.4) is 0 Å². The Morgan fingerprint density at radius 1 is 1.56 bits per heavy atom. The minimum Gasteiger partial charge on any atom is -0.481 e. The summed E-state index contributed by atoms with van der Waals surface area (Å²) in [6.45, 7) is 1.36. The van der Waals surface area contributed by atoms with Gasteiger partial charge in [-0.2, -0.15) is 0 Å². The van der Waals surface area contributed by atoms with Gasteiger partial charge >= 0.3 is 12.0 Å². The van der Waals surface area contributed by atoms with Gasteiger partial charge in [-0.1, -0.05) is 6.42 Å². The summed E-state index contributed by atoms with van der Waals surface area (Å²) in [6.07, 6.45) is 5.35. The van der Waals surface area contributed by atoms with Gasteiger partial charge in [-0.25, -0.2) is 4.79 Å². The van der Waals surface area contributed by atoms with Gasteiger partial charge in [0.25, 0.3) is 0 Å². The number of hydrogen-bond acceptors (Lipinski definition) is 4. The van der Waals surface area contributed by atoms with Crippen molar-refractivity contribution >= 4 is 12.0 Å². The number of nitrogens with one attached hydrogen (secondary N) is 1. The van der Waals surface area contributed by atoms with Gasteiger partial charge in [0.15, 0.2) is 0 Å². The fourth-order valence-corrected chi connectivity index (χ4v) is 4.22. The van der Waals surface area contributed by atoms with E-state index in [-0.39, 0.29) is 18.0 Å². The summed E-state index contributed by atoms with van der Waals surface area (Å²) < 4.78 is 10.5. The molecule has 2 amide bonds. The first kappa shape index (κ1) is 17.8. The first-order valence-corrected chi connectivity index (χ1v) is 8.85. The zero-order valence-electron chi connectivity index (χ0n) is 14.6. The predicted molar refractivity (Wildman–Crippen MR) is 90.2 cm³/mol. The topological polar surface area (TPSA) is 92.0 Å². The van der Waals surface area contributed by atoms with Crippen molar-refractivity contribution in [1.82, 2.24) is 10.2 Å². The number of methoxy groups -OCH3 is 1. The maximum absolute atomic E-state index is 12.7. The van der Waals surface area contributed by atoms with Crippen molar-refractivity contribution in [3.63, 3.8) is 0 Å². The molecule has 1 saturated carbocycles. The van der Waals surface area contributed by atoms with E-state index in [1.807, 2.05) is 12.1 Å². The highest BCUT2D eigenvalue weighted by Gasteiger charge is 2.55. The molecule has 1 aliphatic carbocycles. The van der Waals surface area contributed by atoms with Crippen LogP contribution in [0, 0.1) is 11.3 Å². The largest absolute Gasteiger partial charge is 0.481 e. The van der Waals surface area contributed by atoms with Crippen LogP contribution in [-0.4, -0.2) is 54.9 Å². The third-order valence-electron chi connectivity index (χ3n) is 5.61.